The number of hydrogen-bond donors (Lipinski definition) is 1. The van der Waals surface area contributed by atoms with E-state index >= 15 is 0 Å². The lowest BCUT2D eigenvalue weighted by Gasteiger charge is -1.97. The maximum absolute atomic E-state index is 11.6. The number of hydrogen-bond acceptors (Lipinski definition) is 3. The predicted octanol–water partition coefficient (Wildman–Crippen LogP) is 1.52. The molecule has 1 fully saturated rings. The van der Waals surface area contributed by atoms with Crippen LogP contribution in [0.1, 0.15) is 23.2 Å². The van der Waals surface area contributed by atoms with Crippen LogP contribution in [0.3, 0.4) is 0 Å². The molecule has 14 heavy (non-hydrogen) atoms. The summed E-state index contributed by atoms with van der Waals surface area (Å²) >= 11 is 0. The average molecular weight is 188 g/mol. The van der Waals surface area contributed by atoms with Crippen LogP contribution in [-0.2, 0) is 0 Å². The number of carbonyl (C=O) groups is 1. The maximum Gasteiger partial charge on any atom is 0.187 e. The molecular weight excluding hydrogens is 176 g/mol. The van der Waals surface area contributed by atoms with E-state index in [1.165, 1.54) is 6.08 Å². The van der Waals surface area contributed by atoms with Crippen LogP contribution in [0.5, 0.6) is 0 Å². The molecule has 72 valence electrons. The van der Waals surface area contributed by atoms with Crippen molar-refractivity contribution in [1.29, 1.82) is 0 Å². The number of pyridine rings is 1. The highest BCUT2D eigenvalue weighted by atomic mass is 16.1. The van der Waals surface area contributed by atoms with Crippen molar-refractivity contribution in [2.75, 3.05) is 0 Å². The second kappa shape index (κ2) is 3.62. The van der Waals surface area contributed by atoms with E-state index in [1.807, 2.05) is 0 Å². The quantitative estimate of drug-likeness (QED) is 0.578. The molecule has 0 atom stereocenters. The summed E-state index contributed by atoms with van der Waals surface area (Å²) in [4.78, 5) is 15.5. The smallest absolute Gasteiger partial charge is 0.187 e. The summed E-state index contributed by atoms with van der Waals surface area (Å²) in [7, 11) is 0. The monoisotopic (exact) mass is 188 g/mol. The summed E-state index contributed by atoms with van der Waals surface area (Å²) in [6.07, 6.45) is 6.98. The molecule has 1 heterocycles. The molecule has 3 nitrogen and oxygen atoms in total. The molecule has 0 aliphatic heterocycles. The first-order chi connectivity index (χ1) is 6.77. The van der Waals surface area contributed by atoms with E-state index in [0.717, 1.165) is 12.8 Å². The fourth-order valence-corrected chi connectivity index (χ4v) is 1.29. The third-order valence-corrected chi connectivity index (χ3v) is 2.31. The van der Waals surface area contributed by atoms with Crippen molar-refractivity contribution in [3.63, 3.8) is 0 Å². The van der Waals surface area contributed by atoms with Crippen molar-refractivity contribution in [2.24, 2.45) is 11.7 Å². The fraction of sp³-hybridized carbons (Fsp3) is 0.273. The molecule has 2 rings (SSSR count). The number of nitrogens with two attached hydrogens (primary N) is 1. The van der Waals surface area contributed by atoms with Crippen LogP contribution in [0, 0.1) is 5.92 Å². The first-order valence-corrected chi connectivity index (χ1v) is 4.69. The highest BCUT2D eigenvalue weighted by Gasteiger charge is 2.24. The molecule has 0 spiro atoms. The van der Waals surface area contributed by atoms with Gasteiger partial charge in [0, 0.05) is 29.7 Å². The summed E-state index contributed by atoms with van der Waals surface area (Å²) in [6, 6.07) is 3.39. The number of carbonyl (C=O) groups excluding carboxylic acids is 1. The Morgan fingerprint density at radius 1 is 1.43 bits per heavy atom. The number of aromatic nitrogens is 1. The van der Waals surface area contributed by atoms with Gasteiger partial charge in [0.05, 0.1) is 0 Å². The topological polar surface area (TPSA) is 56.0 Å². The molecule has 1 aliphatic rings. The maximum atomic E-state index is 11.6. The Labute approximate surface area is 82.6 Å². The van der Waals surface area contributed by atoms with Gasteiger partial charge < -0.3 is 5.73 Å². The minimum Gasteiger partial charge on any atom is -0.402 e. The summed E-state index contributed by atoms with van der Waals surface area (Å²) in [5.74, 6) is 0.414. The van der Waals surface area contributed by atoms with E-state index in [0.29, 0.717) is 17.2 Å². The zero-order valence-electron chi connectivity index (χ0n) is 7.81. The second-order valence-corrected chi connectivity index (χ2v) is 3.52. The van der Waals surface area contributed by atoms with Gasteiger partial charge in [-0.05, 0) is 30.9 Å². The van der Waals surface area contributed by atoms with E-state index < -0.39 is 0 Å². The molecule has 0 amide bonds. The molecule has 0 unspecified atom stereocenters. The molecule has 0 radical (unpaired) electrons. The first-order valence-electron chi connectivity index (χ1n) is 4.69. The summed E-state index contributed by atoms with van der Waals surface area (Å²) in [5.41, 5.74) is 7.10. The third kappa shape index (κ3) is 1.99. The fourth-order valence-electron chi connectivity index (χ4n) is 1.29. The van der Waals surface area contributed by atoms with E-state index in [1.54, 1.807) is 24.5 Å². The molecule has 2 N–H and O–H groups in total. The Morgan fingerprint density at radius 3 is 2.64 bits per heavy atom. The Kier molecular flexibility index (Phi) is 2.31. The van der Waals surface area contributed by atoms with Gasteiger partial charge in [-0.1, -0.05) is 0 Å². The SMILES string of the molecule is N/C(=C/C(=O)c1ccncc1)C1CC1. The van der Waals surface area contributed by atoms with Crippen molar-refractivity contribution >= 4 is 5.78 Å². The van der Waals surface area contributed by atoms with Gasteiger partial charge in [0.25, 0.3) is 0 Å². The van der Waals surface area contributed by atoms with Crippen LogP contribution < -0.4 is 5.73 Å². The molecule has 0 saturated heterocycles. The lowest BCUT2D eigenvalue weighted by atomic mass is 10.1. The number of nitrogens with zero attached hydrogens (tertiary/aromatic N) is 1. The second-order valence-electron chi connectivity index (χ2n) is 3.52. The minimum absolute atomic E-state index is 0.0307. The lowest BCUT2D eigenvalue weighted by molar-refractivity contribution is 0.104. The Morgan fingerprint density at radius 2 is 2.07 bits per heavy atom. The lowest BCUT2D eigenvalue weighted by Crippen LogP contribution is -2.04. The van der Waals surface area contributed by atoms with Crippen LogP contribution >= 0.6 is 0 Å². The zero-order chi connectivity index (χ0) is 9.97. The van der Waals surface area contributed by atoms with Crippen LogP contribution in [0.4, 0.5) is 0 Å². The van der Waals surface area contributed by atoms with Gasteiger partial charge in [-0.15, -0.1) is 0 Å². The number of rotatable bonds is 3. The van der Waals surface area contributed by atoms with Gasteiger partial charge in [0.1, 0.15) is 0 Å². The van der Waals surface area contributed by atoms with Crippen molar-refractivity contribution in [3.05, 3.63) is 41.9 Å². The first kappa shape index (κ1) is 8.94. The molecule has 3 heteroatoms. The van der Waals surface area contributed by atoms with Gasteiger partial charge in [0.15, 0.2) is 5.78 Å². The Balaban J connectivity index is 2.12. The highest BCUT2D eigenvalue weighted by molar-refractivity contribution is 6.04. The predicted molar refractivity (Wildman–Crippen MR) is 53.6 cm³/mol. The van der Waals surface area contributed by atoms with Crippen LogP contribution in [0.15, 0.2) is 36.3 Å². The normalized spacial score (nSPS) is 16.7. The molecule has 0 bridgehead atoms. The number of allylic oxidation sites excluding steroid dienone is 2. The van der Waals surface area contributed by atoms with Gasteiger partial charge in [0.2, 0.25) is 0 Å². The van der Waals surface area contributed by atoms with E-state index in [4.69, 9.17) is 5.73 Å². The van der Waals surface area contributed by atoms with Crippen LogP contribution in [0.25, 0.3) is 0 Å². The average Bonchev–Trinajstić information content (AvgIpc) is 3.02. The van der Waals surface area contributed by atoms with E-state index in [2.05, 4.69) is 4.98 Å². The van der Waals surface area contributed by atoms with Gasteiger partial charge in [-0.3, -0.25) is 9.78 Å². The van der Waals surface area contributed by atoms with Gasteiger partial charge >= 0.3 is 0 Å². The molecular formula is C11H12N2O. The Bertz CT molecular complexity index is 366. The van der Waals surface area contributed by atoms with Crippen molar-refractivity contribution in [3.8, 4) is 0 Å². The molecule has 0 aromatic carbocycles. The van der Waals surface area contributed by atoms with Crippen molar-refractivity contribution < 1.29 is 4.79 Å². The molecule has 1 aromatic heterocycles. The Hall–Kier alpha value is -1.64. The largest absolute Gasteiger partial charge is 0.402 e. The summed E-state index contributed by atoms with van der Waals surface area (Å²) in [5, 5.41) is 0. The molecule has 1 aromatic rings. The highest BCUT2D eigenvalue weighted by Crippen LogP contribution is 2.33. The zero-order valence-corrected chi connectivity index (χ0v) is 7.81. The summed E-state index contributed by atoms with van der Waals surface area (Å²) in [6.45, 7) is 0. The van der Waals surface area contributed by atoms with Crippen molar-refractivity contribution in [1.82, 2.24) is 4.98 Å². The molecule has 1 aliphatic carbocycles. The van der Waals surface area contributed by atoms with Crippen molar-refractivity contribution in [2.45, 2.75) is 12.8 Å². The van der Waals surface area contributed by atoms with Crippen LogP contribution in [-0.4, -0.2) is 10.8 Å². The molecule has 1 saturated carbocycles. The van der Waals surface area contributed by atoms with E-state index in [9.17, 15) is 4.79 Å². The minimum atomic E-state index is -0.0307. The van der Waals surface area contributed by atoms with E-state index in [-0.39, 0.29) is 5.78 Å². The number of ketones is 1. The standard InChI is InChI=1S/C11H12N2O/c12-10(8-1-2-8)7-11(14)9-3-5-13-6-4-9/h3-8H,1-2,12H2/b10-7+. The van der Waals surface area contributed by atoms with Crippen LogP contribution in [0.2, 0.25) is 0 Å². The van der Waals surface area contributed by atoms with Gasteiger partial charge in [-0.2, -0.15) is 0 Å². The van der Waals surface area contributed by atoms with Gasteiger partial charge in [-0.25, -0.2) is 0 Å². The third-order valence-electron chi connectivity index (χ3n) is 2.31. The summed E-state index contributed by atoms with van der Waals surface area (Å²) < 4.78 is 0.